The van der Waals surface area contributed by atoms with Gasteiger partial charge in [0.05, 0.1) is 0 Å². The lowest BCUT2D eigenvalue weighted by Crippen LogP contribution is -2.34. The van der Waals surface area contributed by atoms with E-state index in [4.69, 9.17) is 0 Å². The molecule has 0 spiro atoms. The van der Waals surface area contributed by atoms with Crippen LogP contribution < -0.4 is 5.32 Å². The molecule has 1 aliphatic carbocycles. The fourth-order valence-electron chi connectivity index (χ4n) is 3.09. The van der Waals surface area contributed by atoms with Crippen LogP contribution in [-0.4, -0.2) is 13.1 Å². The summed E-state index contributed by atoms with van der Waals surface area (Å²) >= 11 is 0. The van der Waals surface area contributed by atoms with Crippen LogP contribution in [0.15, 0.2) is 12.2 Å². The Hall–Kier alpha value is -0.300. The van der Waals surface area contributed by atoms with E-state index >= 15 is 0 Å². The van der Waals surface area contributed by atoms with Crippen molar-refractivity contribution >= 4 is 0 Å². The summed E-state index contributed by atoms with van der Waals surface area (Å²) in [5.41, 5.74) is 1.36. The Bertz CT molecular complexity index is 232. The quantitative estimate of drug-likeness (QED) is 0.681. The van der Waals surface area contributed by atoms with E-state index in [1.807, 2.05) is 0 Å². The number of hydrogen-bond acceptors (Lipinski definition) is 1. The van der Waals surface area contributed by atoms with Gasteiger partial charge < -0.3 is 5.32 Å². The molecule has 1 saturated carbocycles. The summed E-state index contributed by atoms with van der Waals surface area (Å²) in [6.45, 7) is 15.6. The second kappa shape index (κ2) is 7.20. The van der Waals surface area contributed by atoms with Crippen LogP contribution in [0.3, 0.4) is 0 Å². The van der Waals surface area contributed by atoms with E-state index in [9.17, 15) is 0 Å². The maximum Gasteiger partial charge on any atom is -0.00176 e. The Morgan fingerprint density at radius 1 is 1.29 bits per heavy atom. The third-order valence-corrected chi connectivity index (χ3v) is 3.97. The summed E-state index contributed by atoms with van der Waals surface area (Å²) in [7, 11) is 0. The van der Waals surface area contributed by atoms with Gasteiger partial charge in [-0.05, 0) is 62.9 Å². The summed E-state index contributed by atoms with van der Waals surface area (Å²) in [5, 5.41) is 3.64. The topological polar surface area (TPSA) is 12.0 Å². The lowest BCUT2D eigenvalue weighted by molar-refractivity contribution is 0.182. The number of nitrogens with one attached hydrogen (secondary N) is 1. The zero-order valence-electron chi connectivity index (χ0n) is 12.3. The van der Waals surface area contributed by atoms with E-state index in [2.05, 4.69) is 39.6 Å². The Morgan fingerprint density at radius 2 is 2.00 bits per heavy atom. The molecule has 0 amide bonds. The van der Waals surface area contributed by atoms with Gasteiger partial charge in [0.1, 0.15) is 0 Å². The largest absolute Gasteiger partial charge is 0.316 e. The van der Waals surface area contributed by atoms with Gasteiger partial charge in [0.2, 0.25) is 0 Å². The second-order valence-corrected chi connectivity index (χ2v) is 6.65. The van der Waals surface area contributed by atoms with E-state index in [0.717, 1.165) is 30.2 Å². The average Bonchev–Trinajstić information content (AvgIpc) is 2.20. The van der Waals surface area contributed by atoms with Gasteiger partial charge in [-0.25, -0.2) is 0 Å². The minimum absolute atomic E-state index is 0.761. The molecule has 0 aromatic rings. The van der Waals surface area contributed by atoms with Crippen molar-refractivity contribution in [1.82, 2.24) is 5.32 Å². The highest BCUT2D eigenvalue weighted by atomic mass is 14.9. The molecule has 3 unspecified atom stereocenters. The number of rotatable bonds is 6. The van der Waals surface area contributed by atoms with Crippen LogP contribution >= 0.6 is 0 Å². The molecule has 0 heterocycles. The van der Waals surface area contributed by atoms with Crippen LogP contribution in [0.2, 0.25) is 0 Å². The smallest absolute Gasteiger partial charge is 0.00176 e. The summed E-state index contributed by atoms with van der Waals surface area (Å²) in [4.78, 5) is 0. The molecule has 1 heteroatoms. The molecule has 100 valence electrons. The molecule has 3 atom stereocenters. The van der Waals surface area contributed by atoms with Gasteiger partial charge in [0.25, 0.3) is 0 Å². The maximum atomic E-state index is 4.10. The van der Waals surface area contributed by atoms with Gasteiger partial charge in [-0.1, -0.05) is 32.8 Å². The van der Waals surface area contributed by atoms with Gasteiger partial charge in [0, 0.05) is 0 Å². The van der Waals surface area contributed by atoms with E-state index in [1.165, 1.54) is 37.8 Å². The third kappa shape index (κ3) is 5.72. The minimum atomic E-state index is 0.761. The monoisotopic (exact) mass is 237 g/mol. The normalized spacial score (nSPS) is 29.6. The molecule has 1 aliphatic rings. The first-order valence-electron chi connectivity index (χ1n) is 7.34. The van der Waals surface area contributed by atoms with Gasteiger partial charge in [-0.15, -0.1) is 6.58 Å². The predicted molar refractivity (Wildman–Crippen MR) is 77.1 cm³/mol. The Morgan fingerprint density at radius 3 is 2.59 bits per heavy atom. The van der Waals surface area contributed by atoms with E-state index < -0.39 is 0 Å². The van der Waals surface area contributed by atoms with Crippen molar-refractivity contribution in [3.63, 3.8) is 0 Å². The number of hydrogen-bond donors (Lipinski definition) is 1. The molecule has 0 radical (unpaired) electrons. The predicted octanol–water partition coefficient (Wildman–Crippen LogP) is 4.25. The first-order chi connectivity index (χ1) is 7.99. The van der Waals surface area contributed by atoms with Crippen LogP contribution in [0.25, 0.3) is 0 Å². The molecule has 17 heavy (non-hydrogen) atoms. The van der Waals surface area contributed by atoms with E-state index in [0.29, 0.717) is 0 Å². The highest BCUT2D eigenvalue weighted by Crippen LogP contribution is 2.36. The highest BCUT2D eigenvalue weighted by Gasteiger charge is 2.28. The third-order valence-electron chi connectivity index (χ3n) is 3.97. The van der Waals surface area contributed by atoms with Gasteiger partial charge in [-0.2, -0.15) is 0 Å². The Kier molecular flexibility index (Phi) is 6.26. The van der Waals surface area contributed by atoms with Crippen molar-refractivity contribution in [2.75, 3.05) is 13.1 Å². The molecule has 0 saturated heterocycles. The molecule has 1 N–H and O–H groups in total. The maximum absolute atomic E-state index is 4.10. The molecular weight excluding hydrogens is 206 g/mol. The summed E-state index contributed by atoms with van der Waals surface area (Å²) in [6.07, 6.45) is 5.46. The summed E-state index contributed by atoms with van der Waals surface area (Å²) in [6, 6.07) is 0. The molecule has 0 bridgehead atoms. The molecule has 1 fully saturated rings. The molecule has 0 aromatic heterocycles. The van der Waals surface area contributed by atoms with Gasteiger partial charge in [-0.3, -0.25) is 0 Å². The standard InChI is InChI=1S/C16H31N/c1-12(2)8-16-9-14(5)6-7-15(16)11-17-10-13(3)4/h13-17H,1,6-11H2,2-5H3. The van der Waals surface area contributed by atoms with Crippen LogP contribution in [0.1, 0.15) is 53.4 Å². The summed E-state index contributed by atoms with van der Waals surface area (Å²) < 4.78 is 0. The minimum Gasteiger partial charge on any atom is -0.316 e. The zero-order valence-corrected chi connectivity index (χ0v) is 12.3. The Balaban J connectivity index is 2.40. The molecule has 0 aromatic carbocycles. The molecular formula is C16H31N. The van der Waals surface area contributed by atoms with Gasteiger partial charge in [0.15, 0.2) is 0 Å². The Labute approximate surface area is 108 Å². The number of allylic oxidation sites excluding steroid dienone is 1. The highest BCUT2D eigenvalue weighted by molar-refractivity contribution is 4.94. The lowest BCUT2D eigenvalue weighted by atomic mass is 9.72. The van der Waals surface area contributed by atoms with Crippen LogP contribution in [0.4, 0.5) is 0 Å². The molecule has 1 rings (SSSR count). The van der Waals surface area contributed by atoms with Crippen LogP contribution in [0.5, 0.6) is 0 Å². The van der Waals surface area contributed by atoms with Crippen LogP contribution in [-0.2, 0) is 0 Å². The van der Waals surface area contributed by atoms with Crippen molar-refractivity contribution in [2.24, 2.45) is 23.7 Å². The second-order valence-electron chi connectivity index (χ2n) is 6.65. The van der Waals surface area contributed by atoms with Crippen LogP contribution in [0, 0.1) is 23.7 Å². The first-order valence-corrected chi connectivity index (χ1v) is 7.34. The van der Waals surface area contributed by atoms with Crippen molar-refractivity contribution in [3.05, 3.63) is 12.2 Å². The SMILES string of the molecule is C=C(C)CC1CC(C)CCC1CNCC(C)C. The first kappa shape index (κ1) is 14.8. The summed E-state index contributed by atoms with van der Waals surface area (Å²) in [5.74, 6) is 3.43. The fraction of sp³-hybridized carbons (Fsp3) is 0.875. The van der Waals surface area contributed by atoms with Crippen molar-refractivity contribution in [3.8, 4) is 0 Å². The van der Waals surface area contributed by atoms with E-state index in [-0.39, 0.29) is 0 Å². The molecule has 1 nitrogen and oxygen atoms in total. The van der Waals surface area contributed by atoms with Crippen molar-refractivity contribution in [2.45, 2.75) is 53.4 Å². The van der Waals surface area contributed by atoms with Gasteiger partial charge >= 0.3 is 0 Å². The average molecular weight is 237 g/mol. The zero-order chi connectivity index (χ0) is 12.8. The lowest BCUT2D eigenvalue weighted by Gasteiger charge is -2.35. The van der Waals surface area contributed by atoms with Crippen molar-refractivity contribution in [1.29, 1.82) is 0 Å². The van der Waals surface area contributed by atoms with Crippen molar-refractivity contribution < 1.29 is 0 Å². The fourth-order valence-corrected chi connectivity index (χ4v) is 3.09. The molecule has 0 aliphatic heterocycles. The van der Waals surface area contributed by atoms with E-state index in [1.54, 1.807) is 0 Å².